The van der Waals surface area contributed by atoms with Crippen molar-refractivity contribution >= 4 is 10.0 Å². The van der Waals surface area contributed by atoms with Crippen LogP contribution in [-0.2, 0) is 10.0 Å². The first kappa shape index (κ1) is 13.9. The first-order valence-electron chi connectivity index (χ1n) is 4.91. The zero-order valence-corrected chi connectivity index (χ0v) is 10.4. The molecule has 0 amide bonds. The molecule has 0 aliphatic heterocycles. The van der Waals surface area contributed by atoms with E-state index in [1.807, 2.05) is 0 Å². The Labute approximate surface area is 100 Å². The van der Waals surface area contributed by atoms with Gasteiger partial charge >= 0.3 is 0 Å². The average molecular weight is 260 g/mol. The highest BCUT2D eigenvalue weighted by Crippen LogP contribution is 2.27. The number of hydrogen-bond acceptors (Lipinski definition) is 5. The van der Waals surface area contributed by atoms with Crippen LogP contribution in [-0.4, -0.2) is 26.7 Å². The number of nitrogens with two attached hydrogens (primary N) is 2. The third-order valence-corrected chi connectivity index (χ3v) is 3.27. The molecule has 0 fully saturated rings. The summed E-state index contributed by atoms with van der Waals surface area (Å²) in [6, 6.07) is 3.72. The molecule has 0 saturated carbocycles. The lowest BCUT2D eigenvalue weighted by Crippen LogP contribution is -2.24. The predicted molar refractivity (Wildman–Crippen MR) is 63.0 cm³/mol. The summed E-state index contributed by atoms with van der Waals surface area (Å²) in [5.41, 5.74) is 5.92. The molecule has 0 aliphatic carbocycles. The molecular formula is C10H16N2O4S. The van der Waals surface area contributed by atoms with Gasteiger partial charge in [0.2, 0.25) is 10.0 Å². The number of benzene rings is 1. The van der Waals surface area contributed by atoms with Crippen molar-refractivity contribution in [2.45, 2.75) is 24.0 Å². The van der Waals surface area contributed by atoms with Crippen LogP contribution in [0.1, 0.15) is 18.6 Å². The fraction of sp³-hybridized carbons (Fsp3) is 0.400. The molecule has 1 aromatic rings. The van der Waals surface area contributed by atoms with Crippen LogP contribution < -0.4 is 15.6 Å². The minimum Gasteiger partial charge on any atom is -0.495 e. The average Bonchev–Trinajstić information content (AvgIpc) is 2.25. The zero-order valence-electron chi connectivity index (χ0n) is 9.62. The van der Waals surface area contributed by atoms with Crippen molar-refractivity contribution in [3.05, 3.63) is 23.8 Å². The van der Waals surface area contributed by atoms with Gasteiger partial charge in [-0.3, -0.25) is 0 Å². The van der Waals surface area contributed by atoms with Gasteiger partial charge in [-0.25, -0.2) is 13.6 Å². The van der Waals surface area contributed by atoms with Crippen LogP contribution in [0.15, 0.2) is 23.1 Å². The highest BCUT2D eigenvalue weighted by molar-refractivity contribution is 7.89. The highest BCUT2D eigenvalue weighted by atomic mass is 32.2. The minimum atomic E-state index is -3.90. The second-order valence-electron chi connectivity index (χ2n) is 3.76. The summed E-state index contributed by atoms with van der Waals surface area (Å²) in [4.78, 5) is -0.169. The van der Waals surface area contributed by atoms with E-state index in [9.17, 15) is 13.5 Å². The van der Waals surface area contributed by atoms with Crippen LogP contribution in [0, 0.1) is 0 Å². The Bertz CT molecular complexity index is 499. The lowest BCUT2D eigenvalue weighted by molar-refractivity contribution is 0.153. The lowest BCUT2D eigenvalue weighted by atomic mass is 10.0. The number of sulfonamides is 1. The van der Waals surface area contributed by atoms with Crippen LogP contribution in [0.5, 0.6) is 5.75 Å². The molecule has 0 aromatic heterocycles. The van der Waals surface area contributed by atoms with E-state index in [2.05, 4.69) is 0 Å². The van der Waals surface area contributed by atoms with E-state index in [1.165, 1.54) is 19.2 Å². The van der Waals surface area contributed by atoms with Crippen molar-refractivity contribution in [1.29, 1.82) is 0 Å². The molecule has 0 aliphatic rings. The van der Waals surface area contributed by atoms with Gasteiger partial charge in [-0.15, -0.1) is 0 Å². The Hall–Kier alpha value is -1.15. The maximum Gasteiger partial charge on any atom is 0.241 e. The Kier molecular flexibility index (Phi) is 4.10. The van der Waals surface area contributed by atoms with Gasteiger partial charge in [0.05, 0.1) is 13.2 Å². The third-order valence-electron chi connectivity index (χ3n) is 2.33. The highest BCUT2D eigenvalue weighted by Gasteiger charge is 2.19. The Morgan fingerprint density at radius 2 is 2.00 bits per heavy atom. The van der Waals surface area contributed by atoms with E-state index in [0.717, 1.165) is 0 Å². The van der Waals surface area contributed by atoms with Crippen LogP contribution in [0.3, 0.4) is 0 Å². The summed E-state index contributed by atoms with van der Waals surface area (Å²) in [6.07, 6.45) is -0.957. The van der Waals surface area contributed by atoms with Gasteiger partial charge in [0.15, 0.2) is 0 Å². The standard InChI is InChI=1S/C10H16N2O4S/c1-6(11)10(13)7-3-4-8(16-2)9(5-7)17(12,14)15/h3-6,10,13H,11H2,1-2H3,(H2,12,14,15)/t6-,10+/m0/s1. The first-order valence-corrected chi connectivity index (χ1v) is 6.46. The van der Waals surface area contributed by atoms with Crippen molar-refractivity contribution in [3.8, 4) is 5.75 Å². The monoisotopic (exact) mass is 260 g/mol. The molecule has 6 nitrogen and oxygen atoms in total. The molecule has 0 bridgehead atoms. The maximum absolute atomic E-state index is 11.3. The topological polar surface area (TPSA) is 116 Å². The van der Waals surface area contributed by atoms with Crippen molar-refractivity contribution in [2.75, 3.05) is 7.11 Å². The van der Waals surface area contributed by atoms with Gasteiger partial charge in [-0.1, -0.05) is 6.07 Å². The smallest absolute Gasteiger partial charge is 0.241 e. The molecular weight excluding hydrogens is 244 g/mol. The minimum absolute atomic E-state index is 0.133. The van der Waals surface area contributed by atoms with Crippen LogP contribution in [0.2, 0.25) is 0 Å². The summed E-state index contributed by atoms with van der Waals surface area (Å²) in [5.74, 6) is 0.133. The normalized spacial score (nSPS) is 15.4. The third kappa shape index (κ3) is 3.16. The van der Waals surface area contributed by atoms with E-state index < -0.39 is 22.2 Å². The molecule has 2 atom stereocenters. The number of rotatable bonds is 4. The quantitative estimate of drug-likeness (QED) is 0.688. The van der Waals surface area contributed by atoms with E-state index in [-0.39, 0.29) is 10.6 Å². The van der Waals surface area contributed by atoms with Crippen molar-refractivity contribution < 1.29 is 18.3 Å². The lowest BCUT2D eigenvalue weighted by Gasteiger charge is -2.16. The summed E-state index contributed by atoms with van der Waals surface area (Å²) < 4.78 is 27.6. The molecule has 5 N–H and O–H groups in total. The van der Waals surface area contributed by atoms with Gasteiger partial charge < -0.3 is 15.6 Å². The molecule has 1 rings (SSSR count). The van der Waals surface area contributed by atoms with Crippen molar-refractivity contribution in [1.82, 2.24) is 0 Å². The van der Waals surface area contributed by atoms with Crippen LogP contribution in [0.25, 0.3) is 0 Å². The summed E-state index contributed by atoms with van der Waals surface area (Å²) in [6.45, 7) is 1.62. The van der Waals surface area contributed by atoms with Crippen LogP contribution >= 0.6 is 0 Å². The van der Waals surface area contributed by atoms with E-state index >= 15 is 0 Å². The first-order chi connectivity index (χ1) is 7.77. The molecule has 0 unspecified atom stereocenters. The van der Waals surface area contributed by atoms with E-state index in [0.29, 0.717) is 5.56 Å². The van der Waals surface area contributed by atoms with Crippen molar-refractivity contribution in [2.24, 2.45) is 10.9 Å². The van der Waals surface area contributed by atoms with Gasteiger partial charge in [0.25, 0.3) is 0 Å². The summed E-state index contributed by atoms with van der Waals surface area (Å²) >= 11 is 0. The fourth-order valence-corrected chi connectivity index (χ4v) is 2.14. The fourth-order valence-electron chi connectivity index (χ4n) is 1.40. The predicted octanol–water partition coefficient (Wildman–Crippen LogP) is -0.277. The summed E-state index contributed by atoms with van der Waals surface area (Å²) in [5, 5.41) is 14.8. The Morgan fingerprint density at radius 3 is 2.41 bits per heavy atom. The van der Waals surface area contributed by atoms with Gasteiger partial charge in [0, 0.05) is 6.04 Å². The number of hydrogen-bond donors (Lipinski definition) is 3. The van der Waals surface area contributed by atoms with Crippen molar-refractivity contribution in [3.63, 3.8) is 0 Å². The van der Waals surface area contributed by atoms with Crippen LogP contribution in [0.4, 0.5) is 0 Å². The number of ether oxygens (including phenoxy) is 1. The molecule has 17 heavy (non-hydrogen) atoms. The van der Waals surface area contributed by atoms with Gasteiger partial charge in [-0.05, 0) is 24.6 Å². The zero-order chi connectivity index (χ0) is 13.2. The number of aliphatic hydroxyl groups excluding tert-OH is 1. The Balaban J connectivity index is 3.33. The molecule has 0 saturated heterocycles. The number of aliphatic hydroxyl groups is 1. The Morgan fingerprint density at radius 1 is 1.41 bits per heavy atom. The molecule has 0 spiro atoms. The SMILES string of the molecule is COc1ccc([C@H](O)[C@H](C)N)cc1S(N)(=O)=O. The van der Waals surface area contributed by atoms with E-state index in [1.54, 1.807) is 13.0 Å². The molecule has 7 heteroatoms. The molecule has 96 valence electrons. The number of methoxy groups -OCH3 is 1. The molecule has 0 heterocycles. The molecule has 1 aromatic carbocycles. The summed E-state index contributed by atoms with van der Waals surface area (Å²) in [7, 11) is -2.57. The largest absolute Gasteiger partial charge is 0.495 e. The van der Waals surface area contributed by atoms with Gasteiger partial charge in [-0.2, -0.15) is 0 Å². The second kappa shape index (κ2) is 5.01. The van der Waals surface area contributed by atoms with E-state index in [4.69, 9.17) is 15.6 Å². The number of primary sulfonamides is 1. The maximum atomic E-state index is 11.3. The second-order valence-corrected chi connectivity index (χ2v) is 5.29. The van der Waals surface area contributed by atoms with Gasteiger partial charge in [0.1, 0.15) is 10.6 Å². The molecule has 0 radical (unpaired) electrons.